The van der Waals surface area contributed by atoms with E-state index in [9.17, 15) is 39.0 Å². The molecule has 0 spiro atoms. The number of nitrogens with one attached hydrogen (secondary N) is 7. The fourth-order valence-electron chi connectivity index (χ4n) is 8.83. The first-order valence-electron chi connectivity index (χ1n) is 26.0. The third-order valence-electron chi connectivity index (χ3n) is 13.4. The minimum absolute atomic E-state index is 0.00609. The Kier molecular flexibility index (Phi) is 23.1. The fraction of sp³-hybridized carbons (Fsp3) is 0.368. The molecule has 5 aromatic carbocycles. The van der Waals surface area contributed by atoms with Crippen molar-refractivity contribution in [2.75, 3.05) is 23.8 Å². The van der Waals surface area contributed by atoms with Gasteiger partial charge in [0.1, 0.15) is 42.3 Å². The van der Waals surface area contributed by atoms with Gasteiger partial charge in [-0.2, -0.15) is 0 Å². The normalized spacial score (nSPS) is 23.6. The summed E-state index contributed by atoms with van der Waals surface area (Å²) in [4.78, 5) is 114. The van der Waals surface area contributed by atoms with Gasteiger partial charge in [0, 0.05) is 42.4 Å². The van der Waals surface area contributed by atoms with E-state index < -0.39 is 108 Å². The molecule has 6 rings (SSSR count). The molecule has 0 unspecified atom stereocenters. The second kappa shape index (κ2) is 30.0. The highest BCUT2D eigenvalue weighted by molar-refractivity contribution is 8.76. The Morgan fingerprint density at radius 3 is 1.59 bits per heavy atom. The van der Waals surface area contributed by atoms with Crippen LogP contribution < -0.4 is 54.4 Å². The van der Waals surface area contributed by atoms with E-state index in [4.69, 9.17) is 17.2 Å². The van der Waals surface area contributed by atoms with Gasteiger partial charge in [-0.1, -0.05) is 144 Å². The molecule has 0 radical (unpaired) electrons. The van der Waals surface area contributed by atoms with E-state index in [0.717, 1.165) is 32.4 Å². The summed E-state index contributed by atoms with van der Waals surface area (Å²) in [7, 11) is 2.06. The number of unbranched alkanes of at least 4 members (excludes halogenated alkanes) is 1. The number of anilines is 1. The maximum absolute atomic E-state index is 15.1. The molecule has 0 bridgehead atoms. The highest BCUT2D eigenvalue weighted by Crippen LogP contribution is 2.26. The number of rotatable bonds is 14. The lowest BCUT2D eigenvalue weighted by Crippen LogP contribution is -2.62. The smallest absolute Gasteiger partial charge is 0.327 e. The van der Waals surface area contributed by atoms with E-state index in [1.807, 2.05) is 42.5 Å². The Hall–Kier alpha value is -7.50. The zero-order valence-electron chi connectivity index (χ0n) is 44.0. The first-order chi connectivity index (χ1) is 37.9. The number of carboxylic acids is 1. The van der Waals surface area contributed by atoms with Crippen LogP contribution in [0.15, 0.2) is 127 Å². The number of carbonyl (C=O) groups is 8. The van der Waals surface area contributed by atoms with Crippen LogP contribution >= 0.6 is 21.6 Å². The molecular formula is C57H70N10O10S2. The van der Waals surface area contributed by atoms with E-state index >= 15 is 9.59 Å². The topological polar surface area (TPSA) is 339 Å². The molecule has 22 heteroatoms. The van der Waals surface area contributed by atoms with Crippen molar-refractivity contribution >= 4 is 85.4 Å². The number of hydrogen-bond acceptors (Lipinski definition) is 14. The van der Waals surface area contributed by atoms with Crippen molar-refractivity contribution in [2.45, 2.75) is 113 Å². The Morgan fingerprint density at radius 1 is 0.544 bits per heavy atom. The minimum atomic E-state index is -1.70. The monoisotopic (exact) mass is 1120 g/mol. The largest absolute Gasteiger partial charge is 0.480 e. The molecule has 20 nitrogen and oxygen atoms in total. The first kappa shape index (κ1) is 60.7. The standard InChI is InChI=1S/C57H70N10O10S2/c1-33(39-23-22-38-17-9-10-18-40(38)30-39)48-55(74)61-43(19-11-12-26-58)51(70)67-49(34(2)68)56(75)64-45(28-36-15-7-4-8-16-36)53(72)65-47(57(76)77)32-79-78-31-42(60)50(69)62-44(27-35-13-5-3-6-14-35)52(71)63-46(54(73)66-48)29-37-20-24-41(59)25-21-37/h3-10,13-18,20-25,30,33-34,42-49,68H,11-12,19,26-29,31-32,58-60H2,1-2H3,(H,61,74)(H,62,69)(H,63,71)(H,64,75)(H,65,72)(H,66,73)(H,67,70)(H,76,77)/t33-,34+,42-,43-,44-,45-,46-,47-,48+,49-/m0/s1. The summed E-state index contributed by atoms with van der Waals surface area (Å²) in [5.74, 6) is -8.34. The molecule has 15 N–H and O–H groups in total. The molecule has 1 heterocycles. The second-order valence-electron chi connectivity index (χ2n) is 19.5. The van der Waals surface area contributed by atoms with Gasteiger partial charge in [-0.15, -0.1) is 0 Å². The summed E-state index contributed by atoms with van der Waals surface area (Å²) in [5, 5.41) is 42.0. The van der Waals surface area contributed by atoms with Gasteiger partial charge in [0.2, 0.25) is 41.4 Å². The molecule has 1 aliphatic rings. The zero-order chi connectivity index (χ0) is 57.0. The summed E-state index contributed by atoms with van der Waals surface area (Å²) >= 11 is 0. The zero-order valence-corrected chi connectivity index (χ0v) is 45.6. The lowest BCUT2D eigenvalue weighted by atomic mass is 9.90. The molecule has 79 heavy (non-hydrogen) atoms. The van der Waals surface area contributed by atoms with Crippen molar-refractivity contribution in [1.29, 1.82) is 0 Å². The van der Waals surface area contributed by atoms with Crippen LogP contribution in [0.2, 0.25) is 0 Å². The van der Waals surface area contributed by atoms with Crippen LogP contribution in [-0.2, 0) is 57.6 Å². The molecule has 10 atom stereocenters. The van der Waals surface area contributed by atoms with E-state index in [1.54, 1.807) is 91.9 Å². The Morgan fingerprint density at radius 2 is 1.01 bits per heavy atom. The lowest BCUT2D eigenvalue weighted by Gasteiger charge is -2.31. The number of nitrogens with two attached hydrogens (primary N) is 3. The van der Waals surface area contributed by atoms with Crippen molar-refractivity contribution < 1.29 is 48.6 Å². The predicted molar refractivity (Wildman–Crippen MR) is 306 cm³/mol. The highest BCUT2D eigenvalue weighted by Gasteiger charge is 2.38. The Labute approximate surface area is 466 Å². The van der Waals surface area contributed by atoms with Crippen LogP contribution in [0.25, 0.3) is 10.8 Å². The molecule has 1 saturated heterocycles. The molecule has 1 aliphatic heterocycles. The maximum atomic E-state index is 15.1. The van der Waals surface area contributed by atoms with E-state index in [2.05, 4.69) is 37.2 Å². The van der Waals surface area contributed by atoms with Gasteiger partial charge in [0.15, 0.2) is 0 Å². The predicted octanol–water partition coefficient (Wildman–Crippen LogP) is 1.96. The Balaban J connectivity index is 1.42. The first-order valence-corrected chi connectivity index (χ1v) is 28.5. The van der Waals surface area contributed by atoms with Gasteiger partial charge in [0.25, 0.3) is 0 Å². The van der Waals surface area contributed by atoms with Gasteiger partial charge in [-0.25, -0.2) is 4.79 Å². The number of nitrogen functional groups attached to an aromatic ring is 1. The van der Waals surface area contributed by atoms with E-state index in [-0.39, 0.29) is 43.7 Å². The number of aliphatic hydroxyl groups is 1. The molecular weight excluding hydrogens is 1050 g/mol. The van der Waals surface area contributed by atoms with Crippen molar-refractivity contribution in [2.24, 2.45) is 11.5 Å². The molecule has 0 aromatic heterocycles. The van der Waals surface area contributed by atoms with Gasteiger partial charge < -0.3 is 64.6 Å². The van der Waals surface area contributed by atoms with Gasteiger partial charge in [-0.3, -0.25) is 33.6 Å². The van der Waals surface area contributed by atoms with Crippen LogP contribution in [0.5, 0.6) is 0 Å². The van der Waals surface area contributed by atoms with Crippen LogP contribution in [-0.4, -0.2) is 130 Å². The average molecular weight is 1120 g/mol. The SMILES string of the molecule is C[C@@H](O)[C@@H]1NC(=O)[C@H](CCCCN)NC(=O)[C@@H]([C@@H](C)c2ccc3ccccc3c2)NC(=O)[C@H](Cc2ccc(N)cc2)NC(=O)[C@H](Cc2ccccc2)NC(=O)[C@@H](N)CSSC[C@@H](C(=O)O)NC(=O)[C@H](Cc2ccccc2)NC1=O. The van der Waals surface area contributed by atoms with Crippen molar-refractivity contribution in [3.8, 4) is 0 Å². The summed E-state index contributed by atoms with van der Waals surface area (Å²) in [6, 6.07) is 25.9. The van der Waals surface area contributed by atoms with E-state index in [0.29, 0.717) is 40.8 Å². The van der Waals surface area contributed by atoms with Crippen LogP contribution in [0.4, 0.5) is 5.69 Å². The number of hydrogen-bond donors (Lipinski definition) is 12. The number of aliphatic carboxylic acids is 1. The Bertz CT molecular complexity index is 2890. The van der Waals surface area contributed by atoms with Crippen LogP contribution in [0, 0.1) is 0 Å². The summed E-state index contributed by atoms with van der Waals surface area (Å²) in [6.07, 6.45) is -1.07. The van der Waals surface area contributed by atoms with Crippen molar-refractivity contribution in [1.82, 2.24) is 37.2 Å². The molecule has 1 fully saturated rings. The third-order valence-corrected chi connectivity index (χ3v) is 15.9. The highest BCUT2D eigenvalue weighted by atomic mass is 33.1. The fourth-order valence-corrected chi connectivity index (χ4v) is 11.1. The number of benzene rings is 5. The number of carboxylic acid groups (broad SMARTS) is 1. The molecule has 0 saturated carbocycles. The molecule has 420 valence electrons. The molecule has 0 aliphatic carbocycles. The van der Waals surface area contributed by atoms with Gasteiger partial charge >= 0.3 is 5.97 Å². The van der Waals surface area contributed by atoms with E-state index in [1.165, 1.54) is 6.92 Å². The lowest BCUT2D eigenvalue weighted by molar-refractivity contribution is -0.141. The molecule has 5 aromatic rings. The van der Waals surface area contributed by atoms with Crippen LogP contribution in [0.3, 0.4) is 0 Å². The third kappa shape index (κ3) is 18.3. The van der Waals surface area contributed by atoms with Crippen molar-refractivity contribution in [3.63, 3.8) is 0 Å². The van der Waals surface area contributed by atoms with Crippen LogP contribution in [0.1, 0.15) is 61.3 Å². The summed E-state index contributed by atoms with van der Waals surface area (Å²) in [5.41, 5.74) is 21.2. The maximum Gasteiger partial charge on any atom is 0.327 e. The summed E-state index contributed by atoms with van der Waals surface area (Å²) in [6.45, 7) is 3.22. The molecule has 7 amide bonds. The number of amides is 7. The van der Waals surface area contributed by atoms with Crippen molar-refractivity contribution in [3.05, 3.63) is 150 Å². The number of fused-ring (bicyclic) bond motifs is 1. The summed E-state index contributed by atoms with van der Waals surface area (Å²) < 4.78 is 0. The minimum Gasteiger partial charge on any atom is -0.480 e. The average Bonchev–Trinajstić information content (AvgIpc) is 3.46. The quantitative estimate of drug-likeness (QED) is 0.0430. The van der Waals surface area contributed by atoms with Gasteiger partial charge in [0.05, 0.1) is 12.1 Å². The second-order valence-corrected chi connectivity index (χ2v) is 22.1. The van der Waals surface area contributed by atoms with Gasteiger partial charge in [-0.05, 0) is 77.9 Å². The number of aliphatic hydroxyl groups excluding tert-OH is 1. The number of carbonyl (C=O) groups excluding carboxylic acids is 7.